The van der Waals surface area contributed by atoms with E-state index in [9.17, 15) is 14.4 Å². The van der Waals surface area contributed by atoms with Crippen molar-refractivity contribution in [1.82, 2.24) is 19.1 Å². The van der Waals surface area contributed by atoms with Crippen LogP contribution in [0.15, 0.2) is 27.8 Å². The zero-order chi connectivity index (χ0) is 25.8. The fourth-order valence-corrected chi connectivity index (χ4v) is 4.99. The van der Waals surface area contributed by atoms with Crippen molar-refractivity contribution in [2.24, 2.45) is 5.92 Å². The van der Waals surface area contributed by atoms with Crippen LogP contribution in [0.3, 0.4) is 0 Å². The maximum absolute atomic E-state index is 12.8. The molecule has 9 heteroatoms. The van der Waals surface area contributed by atoms with Crippen molar-refractivity contribution in [1.29, 1.82) is 0 Å². The number of benzene rings is 1. The summed E-state index contributed by atoms with van der Waals surface area (Å²) in [5, 5.41) is 3.01. The van der Waals surface area contributed by atoms with Crippen molar-refractivity contribution >= 4 is 28.4 Å². The highest BCUT2D eigenvalue weighted by Gasteiger charge is 2.20. The van der Waals surface area contributed by atoms with Crippen molar-refractivity contribution < 1.29 is 4.79 Å². The summed E-state index contributed by atoms with van der Waals surface area (Å²) >= 11 is 0. The number of H-pyrrole nitrogens is 1. The zero-order valence-electron chi connectivity index (χ0n) is 21.9. The lowest BCUT2D eigenvalue weighted by Crippen LogP contribution is -2.31. The molecule has 1 aliphatic rings. The van der Waals surface area contributed by atoms with E-state index in [0.717, 1.165) is 37.2 Å². The molecule has 3 heterocycles. The predicted octanol–water partition coefficient (Wildman–Crippen LogP) is 3.82. The minimum atomic E-state index is -0.438. The van der Waals surface area contributed by atoms with Gasteiger partial charge >= 0.3 is 5.69 Å². The monoisotopic (exact) mass is 494 g/mol. The van der Waals surface area contributed by atoms with Gasteiger partial charge in [-0.15, -0.1) is 0 Å². The highest BCUT2D eigenvalue weighted by atomic mass is 16.2. The molecule has 1 aromatic carbocycles. The number of rotatable bonds is 10. The molecular weight excluding hydrogens is 456 g/mol. The van der Waals surface area contributed by atoms with Crippen molar-refractivity contribution in [2.45, 2.75) is 79.3 Å². The highest BCUT2D eigenvalue weighted by Crippen LogP contribution is 2.27. The van der Waals surface area contributed by atoms with Crippen molar-refractivity contribution in [2.75, 3.05) is 23.3 Å². The Labute approximate surface area is 211 Å². The van der Waals surface area contributed by atoms with Gasteiger partial charge in [0.1, 0.15) is 5.82 Å². The van der Waals surface area contributed by atoms with Gasteiger partial charge in [0, 0.05) is 50.4 Å². The number of unbranched alkanes of at least 4 members (excludes halogenated alkanes) is 1. The normalized spacial score (nSPS) is 13.8. The summed E-state index contributed by atoms with van der Waals surface area (Å²) in [5.41, 5.74) is 3.10. The van der Waals surface area contributed by atoms with Gasteiger partial charge in [-0.1, -0.05) is 27.2 Å². The Morgan fingerprint density at radius 3 is 2.58 bits per heavy atom. The molecule has 0 bridgehead atoms. The molecule has 0 atom stereocenters. The summed E-state index contributed by atoms with van der Waals surface area (Å²) in [6.07, 6.45) is 4.78. The number of carbonyl (C=O) groups is 1. The van der Waals surface area contributed by atoms with Gasteiger partial charge in [0.2, 0.25) is 5.91 Å². The number of amides is 1. The number of nitrogens with zero attached hydrogens (tertiary/aromatic N) is 4. The van der Waals surface area contributed by atoms with Crippen LogP contribution in [0.5, 0.6) is 0 Å². The molecule has 0 aliphatic carbocycles. The number of aryl methyl sites for hydroxylation is 3. The minimum absolute atomic E-state index is 0.108. The van der Waals surface area contributed by atoms with Crippen molar-refractivity contribution in [3.05, 3.63) is 50.4 Å². The standard InChI is InChI=1S/C27H38N6O3/c1-5-6-15-32-25-24(26(35)30-27(32)36)33(17-18(2)3)22(29-25)11-12-23(34)28-20-9-10-21(19(4)16-20)31-13-7-8-14-31/h9-10,16,18H,5-8,11-15,17H2,1-4H3,(H,28,34)(H,30,35,36). The molecule has 2 N–H and O–H groups in total. The van der Waals surface area contributed by atoms with Crippen LogP contribution >= 0.6 is 0 Å². The van der Waals surface area contributed by atoms with Crippen LogP contribution in [0.4, 0.5) is 11.4 Å². The lowest BCUT2D eigenvalue weighted by Gasteiger charge is -2.20. The van der Waals surface area contributed by atoms with E-state index < -0.39 is 11.2 Å². The smallest absolute Gasteiger partial charge is 0.330 e. The van der Waals surface area contributed by atoms with E-state index in [1.165, 1.54) is 18.5 Å². The van der Waals surface area contributed by atoms with Gasteiger partial charge in [0.15, 0.2) is 11.2 Å². The molecule has 2 aromatic heterocycles. The maximum Gasteiger partial charge on any atom is 0.330 e. The summed E-state index contributed by atoms with van der Waals surface area (Å²) in [6, 6.07) is 6.06. The van der Waals surface area contributed by atoms with Crippen molar-refractivity contribution in [3.8, 4) is 0 Å². The lowest BCUT2D eigenvalue weighted by atomic mass is 10.1. The number of hydrogen-bond acceptors (Lipinski definition) is 5. The van der Waals surface area contributed by atoms with E-state index in [-0.39, 0.29) is 18.2 Å². The second-order valence-corrected chi connectivity index (χ2v) is 10.2. The van der Waals surface area contributed by atoms with E-state index >= 15 is 0 Å². The minimum Gasteiger partial charge on any atom is -0.371 e. The van der Waals surface area contributed by atoms with E-state index in [1.807, 2.05) is 16.7 Å². The molecule has 0 radical (unpaired) electrons. The fourth-order valence-electron chi connectivity index (χ4n) is 4.99. The lowest BCUT2D eigenvalue weighted by molar-refractivity contribution is -0.116. The second kappa shape index (κ2) is 11.1. The van der Waals surface area contributed by atoms with E-state index in [4.69, 9.17) is 4.98 Å². The van der Waals surface area contributed by atoms with Gasteiger partial charge in [-0.2, -0.15) is 0 Å². The van der Waals surface area contributed by atoms with Gasteiger partial charge in [0.05, 0.1) is 0 Å². The number of aromatic amines is 1. The molecule has 194 valence electrons. The van der Waals surface area contributed by atoms with Gasteiger partial charge in [-0.25, -0.2) is 9.78 Å². The Bertz CT molecular complexity index is 1340. The van der Waals surface area contributed by atoms with Crippen LogP contribution in [0, 0.1) is 12.8 Å². The molecule has 1 amide bonds. The third kappa shape index (κ3) is 5.55. The van der Waals surface area contributed by atoms with Crippen LogP contribution in [0.2, 0.25) is 0 Å². The quantitative estimate of drug-likeness (QED) is 0.446. The Hall–Kier alpha value is -3.36. The Kier molecular flexibility index (Phi) is 7.96. The molecule has 4 rings (SSSR count). The molecule has 1 aliphatic heterocycles. The number of hydrogen-bond donors (Lipinski definition) is 2. The maximum atomic E-state index is 12.8. The Morgan fingerprint density at radius 2 is 1.92 bits per heavy atom. The van der Waals surface area contributed by atoms with Crippen LogP contribution in [0.1, 0.15) is 64.3 Å². The highest BCUT2D eigenvalue weighted by molar-refractivity contribution is 5.91. The largest absolute Gasteiger partial charge is 0.371 e. The Morgan fingerprint density at radius 1 is 1.17 bits per heavy atom. The zero-order valence-corrected chi connectivity index (χ0v) is 21.9. The number of anilines is 2. The molecule has 0 unspecified atom stereocenters. The first kappa shape index (κ1) is 25.7. The van der Waals surface area contributed by atoms with E-state index in [2.05, 4.69) is 49.0 Å². The fraction of sp³-hybridized carbons (Fsp3) is 0.556. The van der Waals surface area contributed by atoms with Gasteiger partial charge < -0.3 is 14.8 Å². The molecule has 1 fully saturated rings. The van der Waals surface area contributed by atoms with E-state index in [0.29, 0.717) is 36.5 Å². The molecule has 1 saturated heterocycles. The first-order chi connectivity index (χ1) is 17.3. The summed E-state index contributed by atoms with van der Waals surface area (Å²) in [6.45, 7) is 11.5. The SMILES string of the molecule is CCCCn1c(=O)[nH]c(=O)c2c1nc(CCC(=O)Nc1ccc(N3CCCC3)c(C)c1)n2CC(C)C. The number of fused-ring (bicyclic) bond motifs is 1. The average molecular weight is 495 g/mol. The molecule has 9 nitrogen and oxygen atoms in total. The van der Waals surface area contributed by atoms with Gasteiger partial charge in [-0.05, 0) is 55.9 Å². The predicted molar refractivity (Wildman–Crippen MR) is 144 cm³/mol. The van der Waals surface area contributed by atoms with Crippen LogP contribution in [-0.4, -0.2) is 38.1 Å². The number of imidazole rings is 1. The van der Waals surface area contributed by atoms with Gasteiger partial charge in [-0.3, -0.25) is 19.1 Å². The Balaban J connectivity index is 1.54. The third-order valence-electron chi connectivity index (χ3n) is 6.75. The third-order valence-corrected chi connectivity index (χ3v) is 6.75. The molecule has 0 saturated carbocycles. The molecular formula is C27H38N6O3. The molecule has 3 aromatic rings. The summed E-state index contributed by atoms with van der Waals surface area (Å²) < 4.78 is 3.42. The first-order valence-electron chi connectivity index (χ1n) is 13.2. The van der Waals surface area contributed by atoms with Crippen LogP contribution in [-0.2, 0) is 24.3 Å². The van der Waals surface area contributed by atoms with Gasteiger partial charge in [0.25, 0.3) is 5.56 Å². The number of carbonyl (C=O) groups excluding carboxylic acids is 1. The molecule has 36 heavy (non-hydrogen) atoms. The van der Waals surface area contributed by atoms with E-state index in [1.54, 1.807) is 4.57 Å². The second-order valence-electron chi connectivity index (χ2n) is 10.2. The summed E-state index contributed by atoms with van der Waals surface area (Å²) in [4.78, 5) is 47.6. The van der Waals surface area contributed by atoms with Crippen molar-refractivity contribution in [3.63, 3.8) is 0 Å². The first-order valence-corrected chi connectivity index (χ1v) is 13.2. The van der Waals surface area contributed by atoms with Crippen LogP contribution in [0.25, 0.3) is 11.2 Å². The van der Waals surface area contributed by atoms with Crippen LogP contribution < -0.4 is 21.5 Å². The average Bonchev–Trinajstić information content (AvgIpc) is 3.46. The number of nitrogens with one attached hydrogen (secondary N) is 2. The topological polar surface area (TPSA) is 105 Å². The summed E-state index contributed by atoms with van der Waals surface area (Å²) in [7, 11) is 0. The molecule has 0 spiro atoms. The summed E-state index contributed by atoms with van der Waals surface area (Å²) in [5.74, 6) is 0.807. The number of aromatic nitrogens is 4.